The van der Waals surface area contributed by atoms with Crippen LogP contribution in [0, 0.1) is 10.1 Å². The van der Waals surface area contributed by atoms with Crippen molar-refractivity contribution in [3.63, 3.8) is 0 Å². The van der Waals surface area contributed by atoms with Gasteiger partial charge in [0.05, 0.1) is 29.2 Å². The molecule has 0 amide bonds. The van der Waals surface area contributed by atoms with E-state index >= 15 is 0 Å². The number of nitro groups is 1. The maximum atomic E-state index is 13.7. The first-order chi connectivity index (χ1) is 18.5. The topological polar surface area (TPSA) is 116 Å². The fourth-order valence-electron chi connectivity index (χ4n) is 4.57. The lowest BCUT2D eigenvalue weighted by Crippen LogP contribution is -2.36. The number of nitrogens with zero attached hydrogens (tertiary/aromatic N) is 6. The molecule has 190 valence electrons. The Morgan fingerprint density at radius 1 is 1.00 bits per heavy atom. The lowest BCUT2D eigenvalue weighted by atomic mass is 10.0. The summed E-state index contributed by atoms with van der Waals surface area (Å²) in [6.45, 7) is 2.42. The van der Waals surface area contributed by atoms with Gasteiger partial charge in [-0.05, 0) is 36.4 Å². The predicted molar refractivity (Wildman–Crippen MR) is 149 cm³/mol. The molecule has 3 aromatic carbocycles. The standard InChI is InChI=1S/C26H19BrN6O4S/c27-18-12-16(11-17(13-18)25-29-28-15-38-25)24-20-3-1-2-4-21(20)26(34)32(30-24)23-14-19(5-6-22(23)33(35)36)31-7-9-37-10-8-31/h1-6,11-15H,7-10H2. The van der Waals surface area contributed by atoms with Crippen LogP contribution in [0.15, 0.2) is 75.4 Å². The molecule has 0 N–H and O–H groups in total. The molecule has 1 fully saturated rings. The monoisotopic (exact) mass is 590 g/mol. The molecular formula is C26H19BrN6O4S. The van der Waals surface area contributed by atoms with Crippen LogP contribution in [-0.2, 0) is 4.74 Å². The zero-order valence-corrected chi connectivity index (χ0v) is 22.2. The second kappa shape index (κ2) is 10.0. The lowest BCUT2D eigenvalue weighted by molar-refractivity contribution is -0.384. The summed E-state index contributed by atoms with van der Waals surface area (Å²) in [6.07, 6.45) is 0. The maximum absolute atomic E-state index is 13.7. The van der Waals surface area contributed by atoms with E-state index in [0.29, 0.717) is 42.8 Å². The summed E-state index contributed by atoms with van der Waals surface area (Å²) >= 11 is 4.98. The van der Waals surface area contributed by atoms with Gasteiger partial charge < -0.3 is 9.64 Å². The van der Waals surface area contributed by atoms with Crippen molar-refractivity contribution in [3.8, 4) is 27.5 Å². The minimum absolute atomic E-state index is 0.107. The molecule has 10 nitrogen and oxygen atoms in total. The Bertz CT molecular complexity index is 1730. The maximum Gasteiger partial charge on any atom is 0.295 e. The van der Waals surface area contributed by atoms with Crippen LogP contribution in [-0.4, -0.2) is 51.2 Å². The van der Waals surface area contributed by atoms with Crippen molar-refractivity contribution in [1.82, 2.24) is 20.0 Å². The van der Waals surface area contributed by atoms with Crippen LogP contribution in [0.1, 0.15) is 0 Å². The van der Waals surface area contributed by atoms with E-state index in [1.54, 1.807) is 29.8 Å². The van der Waals surface area contributed by atoms with E-state index in [2.05, 4.69) is 31.0 Å². The minimum Gasteiger partial charge on any atom is -0.378 e. The molecular weight excluding hydrogens is 572 g/mol. The van der Waals surface area contributed by atoms with E-state index < -0.39 is 10.5 Å². The molecule has 0 saturated carbocycles. The van der Waals surface area contributed by atoms with Gasteiger partial charge in [-0.15, -0.1) is 10.2 Å². The molecule has 0 atom stereocenters. The Morgan fingerprint density at radius 3 is 2.50 bits per heavy atom. The molecule has 0 radical (unpaired) electrons. The van der Waals surface area contributed by atoms with E-state index in [0.717, 1.165) is 31.0 Å². The summed E-state index contributed by atoms with van der Waals surface area (Å²) in [7, 11) is 0. The van der Waals surface area contributed by atoms with Gasteiger partial charge in [0.25, 0.3) is 11.2 Å². The van der Waals surface area contributed by atoms with Crippen molar-refractivity contribution in [2.45, 2.75) is 0 Å². The highest BCUT2D eigenvalue weighted by Crippen LogP contribution is 2.34. The third-order valence-electron chi connectivity index (χ3n) is 6.34. The Hall–Kier alpha value is -4.00. The summed E-state index contributed by atoms with van der Waals surface area (Å²) < 4.78 is 7.39. The first-order valence-corrected chi connectivity index (χ1v) is 13.4. The molecule has 0 aliphatic carbocycles. The SMILES string of the molecule is O=c1c2ccccc2c(-c2cc(Br)cc(-c3nncs3)c2)nn1-c1cc(N2CCOCC2)ccc1[N+](=O)[O-]. The van der Waals surface area contributed by atoms with E-state index in [1.807, 2.05) is 30.3 Å². The van der Waals surface area contributed by atoms with Crippen LogP contribution < -0.4 is 10.5 Å². The van der Waals surface area contributed by atoms with Crippen molar-refractivity contribution in [3.05, 3.63) is 91.1 Å². The third-order valence-corrected chi connectivity index (χ3v) is 7.54. The van der Waals surface area contributed by atoms with Gasteiger partial charge in [-0.1, -0.05) is 45.5 Å². The number of fused-ring (bicyclic) bond motifs is 1. The van der Waals surface area contributed by atoms with Crippen molar-refractivity contribution >= 4 is 49.4 Å². The molecule has 1 aliphatic rings. The summed E-state index contributed by atoms with van der Waals surface area (Å²) in [4.78, 5) is 27.3. The summed E-state index contributed by atoms with van der Waals surface area (Å²) in [6, 6.07) is 17.7. The Kier molecular flexibility index (Phi) is 6.44. The molecule has 38 heavy (non-hydrogen) atoms. The third kappa shape index (κ3) is 4.46. The van der Waals surface area contributed by atoms with Crippen LogP contribution in [0.5, 0.6) is 0 Å². The van der Waals surface area contributed by atoms with Crippen LogP contribution in [0.2, 0.25) is 0 Å². The number of aromatic nitrogens is 4. The Balaban J connectivity index is 1.61. The normalized spacial score (nSPS) is 13.7. The lowest BCUT2D eigenvalue weighted by Gasteiger charge is -2.29. The molecule has 1 aliphatic heterocycles. The quantitative estimate of drug-likeness (QED) is 0.205. The van der Waals surface area contributed by atoms with Crippen molar-refractivity contribution in [2.24, 2.45) is 0 Å². The molecule has 6 rings (SSSR count). The highest BCUT2D eigenvalue weighted by atomic mass is 79.9. The highest BCUT2D eigenvalue weighted by molar-refractivity contribution is 9.10. The number of hydrogen-bond donors (Lipinski definition) is 0. The van der Waals surface area contributed by atoms with Crippen LogP contribution in [0.25, 0.3) is 38.3 Å². The van der Waals surface area contributed by atoms with Gasteiger partial charge in [0.2, 0.25) is 0 Å². The molecule has 1 saturated heterocycles. The molecule has 5 aromatic rings. The number of hydrogen-bond acceptors (Lipinski definition) is 9. The molecule has 0 unspecified atom stereocenters. The van der Waals surface area contributed by atoms with Gasteiger partial charge in [-0.3, -0.25) is 14.9 Å². The Morgan fingerprint density at radius 2 is 1.76 bits per heavy atom. The molecule has 0 bridgehead atoms. The van der Waals surface area contributed by atoms with Gasteiger partial charge in [0.15, 0.2) is 0 Å². The molecule has 12 heteroatoms. The first kappa shape index (κ1) is 24.3. The average Bonchev–Trinajstić information content (AvgIpc) is 3.49. The van der Waals surface area contributed by atoms with Gasteiger partial charge in [-0.2, -0.15) is 9.78 Å². The number of rotatable bonds is 5. The van der Waals surface area contributed by atoms with Gasteiger partial charge in [0.1, 0.15) is 16.2 Å². The number of anilines is 1. The number of ether oxygens (including phenoxy) is 1. The number of halogens is 1. The second-order valence-electron chi connectivity index (χ2n) is 8.61. The van der Waals surface area contributed by atoms with Crippen LogP contribution >= 0.6 is 27.3 Å². The fourth-order valence-corrected chi connectivity index (χ4v) is 5.60. The van der Waals surface area contributed by atoms with Crippen molar-refractivity contribution in [2.75, 3.05) is 31.2 Å². The zero-order valence-electron chi connectivity index (χ0n) is 19.8. The summed E-state index contributed by atoms with van der Waals surface area (Å²) in [5.41, 5.74) is 3.95. The number of nitro benzene ring substituents is 1. The second-order valence-corrected chi connectivity index (χ2v) is 10.4. The van der Waals surface area contributed by atoms with Gasteiger partial charge >= 0.3 is 0 Å². The highest BCUT2D eigenvalue weighted by Gasteiger charge is 2.23. The summed E-state index contributed by atoms with van der Waals surface area (Å²) in [5, 5.41) is 26.7. The van der Waals surface area contributed by atoms with E-state index in [9.17, 15) is 14.9 Å². The Labute approximate surface area is 228 Å². The predicted octanol–water partition coefficient (Wildman–Crippen LogP) is 5.08. The van der Waals surface area contributed by atoms with E-state index in [4.69, 9.17) is 9.84 Å². The minimum atomic E-state index is -0.492. The average molecular weight is 591 g/mol. The molecule has 2 aromatic heterocycles. The number of morpholine rings is 1. The molecule has 0 spiro atoms. The number of benzene rings is 3. The van der Waals surface area contributed by atoms with Crippen LogP contribution in [0.3, 0.4) is 0 Å². The van der Waals surface area contributed by atoms with Gasteiger partial charge in [0, 0.05) is 45.8 Å². The van der Waals surface area contributed by atoms with Crippen molar-refractivity contribution in [1.29, 1.82) is 0 Å². The fraction of sp³-hybridized carbons (Fsp3) is 0.154. The van der Waals surface area contributed by atoms with E-state index in [-0.39, 0.29) is 11.4 Å². The summed E-state index contributed by atoms with van der Waals surface area (Å²) in [5.74, 6) is 0. The smallest absolute Gasteiger partial charge is 0.295 e. The van der Waals surface area contributed by atoms with Gasteiger partial charge in [-0.25, -0.2) is 0 Å². The molecule has 3 heterocycles. The van der Waals surface area contributed by atoms with Crippen LogP contribution in [0.4, 0.5) is 11.4 Å². The zero-order chi connectivity index (χ0) is 26.2. The van der Waals surface area contributed by atoms with E-state index in [1.165, 1.54) is 17.4 Å². The first-order valence-electron chi connectivity index (χ1n) is 11.7. The largest absolute Gasteiger partial charge is 0.378 e. The van der Waals surface area contributed by atoms with Crippen molar-refractivity contribution < 1.29 is 9.66 Å².